The molecule has 1 rings (SSSR count). The summed E-state index contributed by atoms with van der Waals surface area (Å²) in [6.07, 6.45) is 2.25. The van der Waals surface area contributed by atoms with E-state index in [0.29, 0.717) is 5.92 Å². The smallest absolute Gasteiger partial charge is 0.0473 e. The largest absolute Gasteiger partial charge is 0.271 e. The number of hydrogen-bond donors (Lipinski definition) is 2. The van der Waals surface area contributed by atoms with Gasteiger partial charge in [-0.25, -0.2) is 0 Å². The molecule has 0 heterocycles. The zero-order valence-corrected chi connectivity index (χ0v) is 11.8. The zero-order valence-electron chi connectivity index (χ0n) is 10.3. The molecule has 16 heavy (non-hydrogen) atoms. The number of benzene rings is 1. The Morgan fingerprint density at radius 2 is 2.12 bits per heavy atom. The highest BCUT2D eigenvalue weighted by Gasteiger charge is 2.15. The van der Waals surface area contributed by atoms with Crippen LogP contribution in [0.25, 0.3) is 0 Å². The quantitative estimate of drug-likeness (QED) is 0.639. The molecule has 3 N–H and O–H groups in total. The highest BCUT2D eigenvalue weighted by molar-refractivity contribution is 9.10. The first-order valence-corrected chi connectivity index (χ1v) is 6.60. The van der Waals surface area contributed by atoms with Crippen LogP contribution in [0.2, 0.25) is 0 Å². The summed E-state index contributed by atoms with van der Waals surface area (Å²) in [6.45, 7) is 6.57. The van der Waals surface area contributed by atoms with Gasteiger partial charge >= 0.3 is 0 Å². The van der Waals surface area contributed by atoms with Crippen molar-refractivity contribution in [1.29, 1.82) is 0 Å². The molecule has 2 nitrogen and oxygen atoms in total. The van der Waals surface area contributed by atoms with E-state index >= 15 is 0 Å². The summed E-state index contributed by atoms with van der Waals surface area (Å²) in [5.41, 5.74) is 5.44. The lowest BCUT2D eigenvalue weighted by molar-refractivity contribution is 0.407. The fraction of sp³-hybridized carbons (Fsp3) is 0.538. The van der Waals surface area contributed by atoms with E-state index in [0.717, 1.165) is 10.9 Å². The summed E-state index contributed by atoms with van der Waals surface area (Å²) in [4.78, 5) is 0. The van der Waals surface area contributed by atoms with Crippen LogP contribution in [0.15, 0.2) is 22.7 Å². The van der Waals surface area contributed by atoms with Crippen LogP contribution in [0.3, 0.4) is 0 Å². The number of nitrogens with one attached hydrogen (secondary N) is 1. The summed E-state index contributed by atoms with van der Waals surface area (Å²) < 4.78 is 1.13. The Morgan fingerprint density at radius 3 is 2.69 bits per heavy atom. The molecule has 2 unspecified atom stereocenters. The van der Waals surface area contributed by atoms with E-state index in [-0.39, 0.29) is 6.04 Å². The monoisotopic (exact) mass is 284 g/mol. The van der Waals surface area contributed by atoms with Gasteiger partial charge in [-0.05, 0) is 30.9 Å². The van der Waals surface area contributed by atoms with Crippen molar-refractivity contribution in [3.8, 4) is 0 Å². The SMILES string of the molecule is CCC(C)CC(NN)c1cc(C)ccc1Br. The molecule has 0 saturated carbocycles. The summed E-state index contributed by atoms with van der Waals surface area (Å²) in [5, 5.41) is 0. The third kappa shape index (κ3) is 3.58. The number of halogens is 1. The fourth-order valence-corrected chi connectivity index (χ4v) is 2.31. The fourth-order valence-electron chi connectivity index (χ4n) is 1.78. The zero-order chi connectivity index (χ0) is 12.1. The summed E-state index contributed by atoms with van der Waals surface area (Å²) in [5.74, 6) is 6.33. The van der Waals surface area contributed by atoms with Gasteiger partial charge in [0.25, 0.3) is 0 Å². The normalized spacial score (nSPS) is 14.8. The summed E-state index contributed by atoms with van der Waals surface area (Å²) >= 11 is 3.59. The molecule has 0 aromatic heterocycles. The van der Waals surface area contributed by atoms with Crippen molar-refractivity contribution in [2.75, 3.05) is 0 Å². The third-order valence-corrected chi connectivity index (χ3v) is 3.79. The maximum atomic E-state index is 5.66. The van der Waals surface area contributed by atoms with Gasteiger partial charge in [0.2, 0.25) is 0 Å². The Kier molecular flexibility index (Phi) is 5.46. The summed E-state index contributed by atoms with van der Waals surface area (Å²) in [6, 6.07) is 6.61. The van der Waals surface area contributed by atoms with Crippen LogP contribution < -0.4 is 11.3 Å². The number of nitrogens with two attached hydrogens (primary N) is 1. The average molecular weight is 285 g/mol. The highest BCUT2D eigenvalue weighted by atomic mass is 79.9. The van der Waals surface area contributed by atoms with Crippen LogP contribution >= 0.6 is 15.9 Å². The van der Waals surface area contributed by atoms with Crippen LogP contribution in [0, 0.1) is 12.8 Å². The molecule has 0 spiro atoms. The Balaban J connectivity index is 2.89. The van der Waals surface area contributed by atoms with Gasteiger partial charge in [-0.1, -0.05) is 53.9 Å². The second kappa shape index (κ2) is 6.38. The van der Waals surface area contributed by atoms with Gasteiger partial charge in [0, 0.05) is 10.5 Å². The van der Waals surface area contributed by atoms with Crippen LogP contribution in [0.5, 0.6) is 0 Å². The van der Waals surface area contributed by atoms with Crippen LogP contribution in [0.4, 0.5) is 0 Å². The Bertz CT molecular complexity index is 339. The average Bonchev–Trinajstić information content (AvgIpc) is 2.29. The van der Waals surface area contributed by atoms with Crippen LogP contribution in [-0.2, 0) is 0 Å². The lowest BCUT2D eigenvalue weighted by atomic mass is 9.94. The number of hydrazine groups is 1. The first-order valence-electron chi connectivity index (χ1n) is 5.80. The van der Waals surface area contributed by atoms with E-state index in [1.165, 1.54) is 17.5 Å². The maximum absolute atomic E-state index is 5.66. The molecule has 3 heteroatoms. The number of hydrogen-bond acceptors (Lipinski definition) is 2. The van der Waals surface area contributed by atoms with E-state index in [1.54, 1.807) is 0 Å². The lowest BCUT2D eigenvalue weighted by Gasteiger charge is -2.21. The van der Waals surface area contributed by atoms with E-state index in [4.69, 9.17) is 5.84 Å². The van der Waals surface area contributed by atoms with Crippen molar-refractivity contribution < 1.29 is 0 Å². The van der Waals surface area contributed by atoms with E-state index in [1.807, 2.05) is 0 Å². The van der Waals surface area contributed by atoms with Gasteiger partial charge in [-0.15, -0.1) is 0 Å². The van der Waals surface area contributed by atoms with Gasteiger partial charge in [-0.3, -0.25) is 11.3 Å². The van der Waals surface area contributed by atoms with Crippen LogP contribution in [-0.4, -0.2) is 0 Å². The van der Waals surface area contributed by atoms with E-state index in [9.17, 15) is 0 Å². The Labute approximate surface area is 107 Å². The van der Waals surface area contributed by atoms with E-state index in [2.05, 4.69) is 60.3 Å². The second-order valence-corrected chi connectivity index (χ2v) is 5.35. The Hall–Kier alpha value is -0.380. The predicted molar refractivity (Wildman–Crippen MR) is 73.0 cm³/mol. The number of aryl methyl sites for hydroxylation is 1. The first-order chi connectivity index (χ1) is 7.58. The van der Waals surface area contributed by atoms with E-state index < -0.39 is 0 Å². The van der Waals surface area contributed by atoms with Crippen molar-refractivity contribution in [1.82, 2.24) is 5.43 Å². The molecule has 1 aromatic rings. The topological polar surface area (TPSA) is 38.0 Å². The molecule has 90 valence electrons. The van der Waals surface area contributed by atoms with Crippen molar-refractivity contribution in [2.24, 2.45) is 11.8 Å². The molecule has 0 bridgehead atoms. The standard InChI is InChI=1S/C13H21BrN2/c1-4-9(2)8-13(16-15)11-7-10(3)5-6-12(11)14/h5-7,9,13,16H,4,8,15H2,1-3H3. The summed E-state index contributed by atoms with van der Waals surface area (Å²) in [7, 11) is 0. The molecule has 2 atom stereocenters. The number of rotatable bonds is 5. The molecule has 0 aliphatic carbocycles. The minimum atomic E-state index is 0.226. The molecule has 0 radical (unpaired) electrons. The highest BCUT2D eigenvalue weighted by Crippen LogP contribution is 2.29. The van der Waals surface area contributed by atoms with Crippen molar-refractivity contribution in [3.63, 3.8) is 0 Å². The molecule has 0 amide bonds. The molecule has 0 aliphatic rings. The van der Waals surface area contributed by atoms with Gasteiger partial charge in [-0.2, -0.15) is 0 Å². The van der Waals surface area contributed by atoms with Gasteiger partial charge < -0.3 is 0 Å². The molecular formula is C13H21BrN2. The minimum Gasteiger partial charge on any atom is -0.271 e. The lowest BCUT2D eigenvalue weighted by Crippen LogP contribution is -2.29. The predicted octanol–water partition coefficient (Wildman–Crippen LogP) is 3.70. The minimum absolute atomic E-state index is 0.226. The van der Waals surface area contributed by atoms with Gasteiger partial charge in [0.05, 0.1) is 0 Å². The molecular weight excluding hydrogens is 264 g/mol. The van der Waals surface area contributed by atoms with Crippen molar-refractivity contribution >= 4 is 15.9 Å². The van der Waals surface area contributed by atoms with Gasteiger partial charge in [0.1, 0.15) is 0 Å². The van der Waals surface area contributed by atoms with Crippen molar-refractivity contribution in [2.45, 2.75) is 39.7 Å². The maximum Gasteiger partial charge on any atom is 0.0473 e. The second-order valence-electron chi connectivity index (χ2n) is 4.49. The third-order valence-electron chi connectivity index (χ3n) is 3.06. The van der Waals surface area contributed by atoms with Gasteiger partial charge in [0.15, 0.2) is 0 Å². The Morgan fingerprint density at radius 1 is 1.44 bits per heavy atom. The molecule has 0 fully saturated rings. The molecule has 1 aromatic carbocycles. The molecule has 0 aliphatic heterocycles. The molecule has 0 saturated heterocycles. The first kappa shape index (κ1) is 13.7. The van der Waals surface area contributed by atoms with Crippen LogP contribution in [0.1, 0.15) is 43.9 Å². The van der Waals surface area contributed by atoms with Crippen molar-refractivity contribution in [3.05, 3.63) is 33.8 Å².